The third-order valence-electron chi connectivity index (χ3n) is 1.94. The van der Waals surface area contributed by atoms with E-state index in [1.807, 2.05) is 0 Å². The van der Waals surface area contributed by atoms with Crippen LogP contribution in [0.3, 0.4) is 0 Å². The van der Waals surface area contributed by atoms with E-state index in [1.165, 1.54) is 30.4 Å². The van der Waals surface area contributed by atoms with E-state index < -0.39 is 15.6 Å². The Balaban J connectivity index is 3.03. The van der Waals surface area contributed by atoms with E-state index in [9.17, 15) is 14.9 Å². The summed E-state index contributed by atoms with van der Waals surface area (Å²) in [4.78, 5) is 20.9. The molecular formula is C9H8ClNO3. The van der Waals surface area contributed by atoms with Gasteiger partial charge in [0.05, 0.1) is 10.3 Å². The number of carbonyl (C=O) groups excluding carboxylic acids is 1. The summed E-state index contributed by atoms with van der Waals surface area (Å²) in [5.74, 6) is 0. The van der Waals surface area contributed by atoms with Crippen LogP contribution in [0.1, 0.15) is 6.92 Å². The van der Waals surface area contributed by atoms with E-state index in [0.29, 0.717) is 0 Å². The first-order valence-corrected chi connectivity index (χ1v) is 4.26. The van der Waals surface area contributed by atoms with Crippen LogP contribution < -0.4 is 0 Å². The molecule has 0 bridgehead atoms. The minimum absolute atomic E-state index is 0.0668. The minimum Gasteiger partial charge on any atom is -0.280 e. The summed E-state index contributed by atoms with van der Waals surface area (Å²) in [5, 5.41) is 9.86. The lowest BCUT2D eigenvalue weighted by Crippen LogP contribution is -2.17. The van der Waals surface area contributed by atoms with Crippen molar-refractivity contribution in [1.29, 1.82) is 0 Å². The fourth-order valence-corrected chi connectivity index (χ4v) is 1.09. The SMILES string of the molecule is CC1(C(=O)Cl)C=CC=C([N+](=O)[O-])C=C1. The number of nitrogens with zero attached hydrogens (tertiary/aromatic N) is 1. The van der Waals surface area contributed by atoms with Gasteiger partial charge in [-0.05, 0) is 18.5 Å². The second-order valence-corrected chi connectivity index (χ2v) is 3.44. The zero-order chi connectivity index (χ0) is 10.8. The van der Waals surface area contributed by atoms with E-state index in [2.05, 4.69) is 0 Å². The van der Waals surface area contributed by atoms with Gasteiger partial charge in [0.1, 0.15) is 0 Å². The van der Waals surface area contributed by atoms with Crippen molar-refractivity contribution in [3.8, 4) is 0 Å². The number of hydrogen-bond donors (Lipinski definition) is 0. The van der Waals surface area contributed by atoms with Crippen LogP contribution in [-0.4, -0.2) is 10.2 Å². The van der Waals surface area contributed by atoms with E-state index in [1.54, 1.807) is 6.92 Å². The summed E-state index contributed by atoms with van der Waals surface area (Å²) in [6, 6.07) is 0. The van der Waals surface area contributed by atoms with Crippen molar-refractivity contribution in [2.45, 2.75) is 6.92 Å². The Morgan fingerprint density at radius 1 is 1.57 bits per heavy atom. The Bertz CT molecular complexity index is 370. The summed E-state index contributed by atoms with van der Waals surface area (Å²) in [5.41, 5.74) is -1.03. The van der Waals surface area contributed by atoms with Crippen molar-refractivity contribution in [2.24, 2.45) is 5.41 Å². The Hall–Kier alpha value is -1.42. The third-order valence-corrected chi connectivity index (χ3v) is 2.35. The number of halogens is 1. The first-order chi connectivity index (χ1) is 6.46. The smallest absolute Gasteiger partial charge is 0.269 e. The topological polar surface area (TPSA) is 60.2 Å². The number of hydrogen-bond acceptors (Lipinski definition) is 3. The van der Waals surface area contributed by atoms with Crippen molar-refractivity contribution >= 4 is 16.8 Å². The van der Waals surface area contributed by atoms with Crippen molar-refractivity contribution in [2.75, 3.05) is 0 Å². The van der Waals surface area contributed by atoms with Crippen molar-refractivity contribution < 1.29 is 9.72 Å². The predicted octanol–water partition coefficient (Wildman–Crippen LogP) is 2.04. The zero-order valence-corrected chi connectivity index (χ0v) is 8.19. The monoisotopic (exact) mass is 213 g/mol. The maximum atomic E-state index is 11.0. The highest BCUT2D eigenvalue weighted by Gasteiger charge is 2.27. The second kappa shape index (κ2) is 3.75. The number of rotatable bonds is 2. The van der Waals surface area contributed by atoms with Crippen LogP contribution in [0.5, 0.6) is 0 Å². The molecule has 0 radical (unpaired) electrons. The van der Waals surface area contributed by atoms with Crippen LogP contribution in [0.15, 0.2) is 36.1 Å². The first kappa shape index (κ1) is 10.7. The van der Waals surface area contributed by atoms with Gasteiger partial charge in [-0.2, -0.15) is 0 Å². The lowest BCUT2D eigenvalue weighted by molar-refractivity contribution is -0.419. The highest BCUT2D eigenvalue weighted by molar-refractivity contribution is 6.65. The van der Waals surface area contributed by atoms with Crippen LogP contribution in [0.25, 0.3) is 0 Å². The average Bonchev–Trinajstić information content (AvgIpc) is 2.28. The summed E-state index contributed by atoms with van der Waals surface area (Å²) >= 11 is 5.36. The molecule has 0 aromatic carbocycles. The van der Waals surface area contributed by atoms with Crippen molar-refractivity contribution in [3.63, 3.8) is 0 Å². The molecule has 0 heterocycles. The summed E-state index contributed by atoms with van der Waals surface area (Å²) in [7, 11) is 0. The molecule has 1 atom stereocenters. The molecule has 0 saturated carbocycles. The molecular weight excluding hydrogens is 206 g/mol. The Morgan fingerprint density at radius 3 is 2.71 bits per heavy atom. The number of nitro groups is 1. The molecule has 0 amide bonds. The van der Waals surface area contributed by atoms with Gasteiger partial charge in [0.2, 0.25) is 5.24 Å². The summed E-state index contributed by atoms with van der Waals surface area (Å²) in [6.07, 6.45) is 7.00. The molecule has 1 aliphatic rings. The highest BCUT2D eigenvalue weighted by atomic mass is 35.5. The molecule has 74 valence electrons. The quantitative estimate of drug-likeness (QED) is 0.401. The van der Waals surface area contributed by atoms with Gasteiger partial charge in [0, 0.05) is 12.2 Å². The molecule has 0 spiro atoms. The molecule has 1 unspecified atom stereocenters. The molecule has 5 heteroatoms. The fourth-order valence-electron chi connectivity index (χ4n) is 0.969. The van der Waals surface area contributed by atoms with E-state index in [4.69, 9.17) is 11.6 Å². The molecule has 0 aliphatic heterocycles. The average molecular weight is 214 g/mol. The van der Waals surface area contributed by atoms with E-state index in [-0.39, 0.29) is 5.70 Å². The van der Waals surface area contributed by atoms with Gasteiger partial charge in [-0.3, -0.25) is 14.9 Å². The van der Waals surface area contributed by atoms with Gasteiger partial charge in [-0.25, -0.2) is 0 Å². The highest BCUT2D eigenvalue weighted by Crippen LogP contribution is 2.26. The molecule has 4 nitrogen and oxygen atoms in total. The third kappa shape index (κ3) is 2.09. The summed E-state index contributed by atoms with van der Waals surface area (Å²) < 4.78 is 0. The molecule has 0 fully saturated rings. The molecule has 14 heavy (non-hydrogen) atoms. The largest absolute Gasteiger partial charge is 0.280 e. The number of allylic oxidation sites excluding steroid dienone is 5. The van der Waals surface area contributed by atoms with Crippen LogP contribution >= 0.6 is 11.6 Å². The van der Waals surface area contributed by atoms with Gasteiger partial charge in [0.15, 0.2) is 0 Å². The molecule has 1 rings (SSSR count). The van der Waals surface area contributed by atoms with Crippen LogP contribution in [0.4, 0.5) is 0 Å². The Kier molecular flexibility index (Phi) is 2.86. The van der Waals surface area contributed by atoms with Gasteiger partial charge < -0.3 is 0 Å². The Labute approximate surface area is 85.7 Å². The standard InChI is InChI=1S/C9H8ClNO3/c1-9(8(10)12)5-2-3-7(4-6-9)11(13)14/h2-6H,1H3. The minimum atomic E-state index is -0.962. The molecule has 1 aliphatic carbocycles. The van der Waals surface area contributed by atoms with Gasteiger partial charge in [0.25, 0.3) is 5.70 Å². The predicted molar refractivity (Wildman–Crippen MR) is 52.3 cm³/mol. The normalized spacial score (nSPS) is 25.4. The van der Waals surface area contributed by atoms with Crippen molar-refractivity contribution in [1.82, 2.24) is 0 Å². The van der Waals surface area contributed by atoms with Gasteiger partial charge >= 0.3 is 0 Å². The van der Waals surface area contributed by atoms with Crippen LogP contribution in [-0.2, 0) is 4.79 Å². The molecule has 0 N–H and O–H groups in total. The van der Waals surface area contributed by atoms with E-state index >= 15 is 0 Å². The first-order valence-electron chi connectivity index (χ1n) is 3.89. The van der Waals surface area contributed by atoms with Gasteiger partial charge in [-0.1, -0.05) is 18.2 Å². The van der Waals surface area contributed by atoms with E-state index in [0.717, 1.165) is 0 Å². The lowest BCUT2D eigenvalue weighted by Gasteiger charge is -2.14. The number of carbonyl (C=O) groups is 1. The zero-order valence-electron chi connectivity index (χ0n) is 7.44. The fraction of sp³-hybridized carbons (Fsp3) is 0.222. The van der Waals surface area contributed by atoms with Crippen molar-refractivity contribution in [3.05, 3.63) is 46.2 Å². The molecule has 0 aromatic heterocycles. The second-order valence-electron chi connectivity index (χ2n) is 3.10. The molecule has 0 saturated heterocycles. The lowest BCUT2D eigenvalue weighted by atomic mass is 9.92. The van der Waals surface area contributed by atoms with Crippen LogP contribution in [0, 0.1) is 15.5 Å². The van der Waals surface area contributed by atoms with Crippen LogP contribution in [0.2, 0.25) is 0 Å². The Morgan fingerprint density at radius 2 is 2.21 bits per heavy atom. The maximum Gasteiger partial charge on any atom is 0.269 e. The molecule has 0 aromatic rings. The maximum absolute atomic E-state index is 11.0. The summed E-state index contributed by atoms with van der Waals surface area (Å²) in [6.45, 7) is 1.59. The van der Waals surface area contributed by atoms with Gasteiger partial charge in [-0.15, -0.1) is 0 Å².